The van der Waals surface area contributed by atoms with Crippen LogP contribution < -0.4 is 5.32 Å². The van der Waals surface area contributed by atoms with Crippen molar-refractivity contribution in [1.29, 1.82) is 0 Å². The van der Waals surface area contributed by atoms with E-state index in [0.29, 0.717) is 6.04 Å². The lowest BCUT2D eigenvalue weighted by atomic mass is 10.1. The molecule has 1 saturated carbocycles. The summed E-state index contributed by atoms with van der Waals surface area (Å²) in [5.41, 5.74) is 0. The first kappa shape index (κ1) is 12.3. The number of rotatable bonds is 3. The highest BCUT2D eigenvalue weighted by Gasteiger charge is 2.25. The van der Waals surface area contributed by atoms with E-state index in [1.807, 2.05) is 0 Å². The van der Waals surface area contributed by atoms with Crippen LogP contribution in [-0.4, -0.2) is 62.2 Å². The van der Waals surface area contributed by atoms with Gasteiger partial charge in [0, 0.05) is 38.3 Å². The van der Waals surface area contributed by atoms with Crippen molar-refractivity contribution in [2.75, 3.05) is 40.3 Å². The SMILES string of the molecule is CC1CCC(NCC2CN(C)CCN2C)C1. The van der Waals surface area contributed by atoms with Crippen LogP contribution in [0.3, 0.4) is 0 Å². The van der Waals surface area contributed by atoms with Gasteiger partial charge in [0.2, 0.25) is 0 Å². The third-order valence-corrected chi connectivity index (χ3v) is 4.32. The maximum Gasteiger partial charge on any atom is 0.0345 e. The lowest BCUT2D eigenvalue weighted by molar-refractivity contribution is 0.111. The maximum atomic E-state index is 3.76. The summed E-state index contributed by atoms with van der Waals surface area (Å²) in [4.78, 5) is 4.95. The highest BCUT2D eigenvalue weighted by molar-refractivity contribution is 4.84. The summed E-state index contributed by atoms with van der Waals surface area (Å²) in [6.45, 7) is 7.18. The molecule has 0 bridgehead atoms. The molecule has 94 valence electrons. The molecule has 0 aromatic heterocycles. The van der Waals surface area contributed by atoms with Gasteiger partial charge in [-0.15, -0.1) is 0 Å². The van der Waals surface area contributed by atoms with Crippen LogP contribution in [0.5, 0.6) is 0 Å². The molecule has 1 aliphatic carbocycles. The quantitative estimate of drug-likeness (QED) is 0.773. The lowest BCUT2D eigenvalue weighted by Gasteiger charge is -2.38. The smallest absolute Gasteiger partial charge is 0.0345 e. The second kappa shape index (κ2) is 5.48. The largest absolute Gasteiger partial charge is 0.312 e. The van der Waals surface area contributed by atoms with Crippen LogP contribution in [-0.2, 0) is 0 Å². The first-order chi connectivity index (χ1) is 7.65. The van der Waals surface area contributed by atoms with Crippen molar-refractivity contribution >= 4 is 0 Å². The van der Waals surface area contributed by atoms with Crippen molar-refractivity contribution in [3.05, 3.63) is 0 Å². The first-order valence-electron chi connectivity index (χ1n) is 6.77. The van der Waals surface area contributed by atoms with E-state index in [1.54, 1.807) is 0 Å². The number of nitrogens with zero attached hydrogens (tertiary/aromatic N) is 2. The van der Waals surface area contributed by atoms with Crippen molar-refractivity contribution in [1.82, 2.24) is 15.1 Å². The van der Waals surface area contributed by atoms with Gasteiger partial charge in [0.05, 0.1) is 0 Å². The molecule has 0 aromatic rings. The van der Waals surface area contributed by atoms with Crippen LogP contribution in [0.2, 0.25) is 0 Å². The molecule has 0 spiro atoms. The summed E-state index contributed by atoms with van der Waals surface area (Å²) in [7, 11) is 4.49. The fraction of sp³-hybridized carbons (Fsp3) is 1.00. The molecule has 0 aromatic carbocycles. The standard InChI is InChI=1S/C13H27N3/c1-11-4-5-12(8-11)14-9-13-10-15(2)6-7-16(13)3/h11-14H,4-10H2,1-3H3. The fourth-order valence-electron chi connectivity index (χ4n) is 3.02. The first-order valence-corrected chi connectivity index (χ1v) is 6.77. The summed E-state index contributed by atoms with van der Waals surface area (Å²) in [6.07, 6.45) is 4.18. The Morgan fingerprint density at radius 3 is 2.69 bits per heavy atom. The van der Waals surface area contributed by atoms with Crippen LogP contribution in [0.4, 0.5) is 0 Å². The minimum atomic E-state index is 0.703. The molecule has 1 saturated heterocycles. The number of hydrogen-bond donors (Lipinski definition) is 1. The zero-order valence-electron chi connectivity index (χ0n) is 11.1. The lowest BCUT2D eigenvalue weighted by Crippen LogP contribution is -2.54. The van der Waals surface area contributed by atoms with Gasteiger partial charge in [-0.25, -0.2) is 0 Å². The Balaban J connectivity index is 1.72. The van der Waals surface area contributed by atoms with Gasteiger partial charge in [-0.05, 0) is 39.3 Å². The number of nitrogens with one attached hydrogen (secondary N) is 1. The molecule has 0 radical (unpaired) electrons. The molecule has 1 N–H and O–H groups in total. The van der Waals surface area contributed by atoms with E-state index in [2.05, 4.69) is 36.1 Å². The Bertz CT molecular complexity index is 219. The molecule has 2 fully saturated rings. The molecular weight excluding hydrogens is 198 g/mol. The minimum Gasteiger partial charge on any atom is -0.312 e. The van der Waals surface area contributed by atoms with Gasteiger partial charge in [-0.3, -0.25) is 4.90 Å². The predicted octanol–water partition coefficient (Wildman–Crippen LogP) is 1.01. The molecule has 2 aliphatic rings. The predicted molar refractivity (Wildman–Crippen MR) is 68.7 cm³/mol. The molecule has 1 aliphatic heterocycles. The Kier molecular flexibility index (Phi) is 4.22. The minimum absolute atomic E-state index is 0.703. The van der Waals surface area contributed by atoms with Crippen LogP contribution in [0.25, 0.3) is 0 Å². The molecule has 0 amide bonds. The van der Waals surface area contributed by atoms with Crippen molar-refractivity contribution < 1.29 is 0 Å². The van der Waals surface area contributed by atoms with E-state index < -0.39 is 0 Å². The average molecular weight is 225 g/mol. The summed E-state index contributed by atoms with van der Waals surface area (Å²) in [5.74, 6) is 0.934. The monoisotopic (exact) mass is 225 g/mol. The highest BCUT2D eigenvalue weighted by atomic mass is 15.3. The Morgan fingerprint density at radius 1 is 1.19 bits per heavy atom. The van der Waals surface area contributed by atoms with Crippen molar-refractivity contribution in [3.8, 4) is 0 Å². The summed E-state index contributed by atoms with van der Waals surface area (Å²) in [6, 6.07) is 1.49. The molecule has 3 nitrogen and oxygen atoms in total. The molecule has 3 unspecified atom stereocenters. The zero-order chi connectivity index (χ0) is 11.5. The second-order valence-corrected chi connectivity index (χ2v) is 5.92. The van der Waals surface area contributed by atoms with Crippen molar-refractivity contribution in [3.63, 3.8) is 0 Å². The number of piperazine rings is 1. The van der Waals surface area contributed by atoms with E-state index >= 15 is 0 Å². The van der Waals surface area contributed by atoms with E-state index in [-0.39, 0.29) is 0 Å². The Labute approximate surface area is 100 Å². The molecule has 3 heteroatoms. The van der Waals surface area contributed by atoms with Crippen LogP contribution >= 0.6 is 0 Å². The van der Waals surface area contributed by atoms with Gasteiger partial charge < -0.3 is 10.2 Å². The van der Waals surface area contributed by atoms with E-state index in [1.165, 1.54) is 38.9 Å². The highest BCUT2D eigenvalue weighted by Crippen LogP contribution is 2.24. The van der Waals surface area contributed by atoms with E-state index in [4.69, 9.17) is 0 Å². The average Bonchev–Trinajstić information content (AvgIpc) is 2.66. The molecular formula is C13H27N3. The van der Waals surface area contributed by atoms with E-state index in [9.17, 15) is 0 Å². The Morgan fingerprint density at radius 2 is 2.00 bits per heavy atom. The second-order valence-electron chi connectivity index (χ2n) is 5.92. The van der Waals surface area contributed by atoms with Crippen LogP contribution in [0, 0.1) is 5.92 Å². The number of hydrogen-bond acceptors (Lipinski definition) is 3. The van der Waals surface area contributed by atoms with Gasteiger partial charge in [0.1, 0.15) is 0 Å². The maximum absolute atomic E-state index is 3.76. The van der Waals surface area contributed by atoms with Crippen molar-refractivity contribution in [2.45, 2.75) is 38.3 Å². The topological polar surface area (TPSA) is 18.5 Å². The molecule has 2 rings (SSSR count). The van der Waals surface area contributed by atoms with Gasteiger partial charge in [-0.2, -0.15) is 0 Å². The van der Waals surface area contributed by atoms with Crippen LogP contribution in [0.15, 0.2) is 0 Å². The zero-order valence-corrected chi connectivity index (χ0v) is 11.1. The van der Waals surface area contributed by atoms with Gasteiger partial charge in [0.25, 0.3) is 0 Å². The van der Waals surface area contributed by atoms with Gasteiger partial charge in [0.15, 0.2) is 0 Å². The molecule has 3 atom stereocenters. The summed E-state index contributed by atoms with van der Waals surface area (Å²) >= 11 is 0. The fourth-order valence-corrected chi connectivity index (χ4v) is 3.02. The third-order valence-electron chi connectivity index (χ3n) is 4.32. The molecule has 1 heterocycles. The van der Waals surface area contributed by atoms with E-state index in [0.717, 1.165) is 18.5 Å². The van der Waals surface area contributed by atoms with Gasteiger partial charge >= 0.3 is 0 Å². The summed E-state index contributed by atoms with van der Waals surface area (Å²) < 4.78 is 0. The van der Waals surface area contributed by atoms with Crippen LogP contribution in [0.1, 0.15) is 26.2 Å². The molecule has 16 heavy (non-hydrogen) atoms. The Hall–Kier alpha value is -0.120. The van der Waals surface area contributed by atoms with Crippen molar-refractivity contribution in [2.24, 2.45) is 5.92 Å². The third kappa shape index (κ3) is 3.19. The van der Waals surface area contributed by atoms with Gasteiger partial charge in [-0.1, -0.05) is 6.92 Å². The summed E-state index contributed by atoms with van der Waals surface area (Å²) in [5, 5.41) is 3.76. The normalized spacial score (nSPS) is 38.1. The number of likely N-dealkylation sites (N-methyl/N-ethyl adjacent to an activating group) is 2.